The van der Waals surface area contributed by atoms with Gasteiger partial charge in [-0.15, -0.1) is 0 Å². The Morgan fingerprint density at radius 3 is 1.63 bits per heavy atom. The number of aromatic hydroxyl groups is 1. The lowest BCUT2D eigenvalue weighted by molar-refractivity contribution is -0.139. The Kier molecular flexibility index (Phi) is 32.6. The number of nitrogens with two attached hydrogens (primary N) is 9. The van der Waals surface area contributed by atoms with Crippen molar-refractivity contribution in [1.82, 2.24) is 36.4 Å². The first-order valence-electron chi connectivity index (χ1n) is 25.7. The number of amides is 8. The van der Waals surface area contributed by atoms with Crippen LogP contribution in [0.4, 0.5) is 0 Å². The largest absolute Gasteiger partial charge is 0.508 e. The molecule has 0 heterocycles. The third-order valence-electron chi connectivity index (χ3n) is 11.7. The van der Waals surface area contributed by atoms with E-state index in [4.69, 9.17) is 51.6 Å². The van der Waals surface area contributed by atoms with Gasteiger partial charge < -0.3 is 93.1 Å². The SMILES string of the molecule is CCC[C@H](NC(=O)[C@H](CCCN=C(N)N)NC(=O)CN(CCCCCCN)C(=O)[C@@H](N)CCCN=C(N)N)C(=O)N[C@@H](Cc1ccc(O)cc1)C(=O)N[C@@H](CN)C(=O)N[C@@H](CCC(C)C)C(=O)N(CCN)CC(N)=O. The number of phenolic OH excluding ortho intramolecular Hbond substituents is 1. The van der Waals surface area contributed by atoms with E-state index in [1.807, 2.05) is 13.8 Å². The van der Waals surface area contributed by atoms with Gasteiger partial charge in [0.1, 0.15) is 36.0 Å². The molecule has 0 aliphatic rings. The summed E-state index contributed by atoms with van der Waals surface area (Å²) in [7, 11) is 0. The van der Waals surface area contributed by atoms with E-state index in [-0.39, 0.29) is 94.8 Å². The van der Waals surface area contributed by atoms with E-state index in [1.54, 1.807) is 6.92 Å². The minimum absolute atomic E-state index is 0.000696. The second-order valence-corrected chi connectivity index (χ2v) is 18.7. The van der Waals surface area contributed by atoms with Crippen molar-refractivity contribution in [2.75, 3.05) is 58.9 Å². The van der Waals surface area contributed by atoms with E-state index < -0.39 is 103 Å². The highest BCUT2D eigenvalue weighted by atomic mass is 16.3. The van der Waals surface area contributed by atoms with Crippen molar-refractivity contribution in [2.45, 2.75) is 140 Å². The van der Waals surface area contributed by atoms with Gasteiger partial charge in [0.2, 0.25) is 47.3 Å². The molecule has 6 atom stereocenters. The zero-order valence-electron chi connectivity index (χ0n) is 44.1. The van der Waals surface area contributed by atoms with Gasteiger partial charge in [-0.05, 0) is 87.9 Å². The lowest BCUT2D eigenvalue weighted by atomic mass is 10.0. The Bertz CT molecular complexity index is 2000. The molecule has 1 aromatic carbocycles. The van der Waals surface area contributed by atoms with E-state index >= 15 is 0 Å². The number of rotatable bonds is 39. The normalized spacial score (nSPS) is 13.4. The van der Waals surface area contributed by atoms with E-state index in [9.17, 15) is 43.5 Å². The minimum Gasteiger partial charge on any atom is -0.508 e. The molecule has 27 heteroatoms. The summed E-state index contributed by atoms with van der Waals surface area (Å²) in [6.07, 6.45) is 4.68. The van der Waals surface area contributed by atoms with Crippen LogP contribution in [0.2, 0.25) is 0 Å². The molecule has 0 bridgehead atoms. The van der Waals surface area contributed by atoms with Gasteiger partial charge in [0, 0.05) is 45.7 Å². The third kappa shape index (κ3) is 27.9. The average Bonchev–Trinajstić information content (AvgIpc) is 3.35. The molecule has 1 rings (SSSR count). The number of nitrogens with zero attached hydrogens (tertiary/aromatic N) is 4. The van der Waals surface area contributed by atoms with Crippen LogP contribution in [0.3, 0.4) is 0 Å². The van der Waals surface area contributed by atoms with E-state index in [1.165, 1.54) is 29.2 Å². The van der Waals surface area contributed by atoms with Gasteiger partial charge in [0.25, 0.3) is 0 Å². The van der Waals surface area contributed by atoms with Crippen molar-refractivity contribution >= 4 is 59.2 Å². The maximum absolute atomic E-state index is 14.3. The number of phenols is 1. The molecular formula is C48H88N18O9. The van der Waals surface area contributed by atoms with Gasteiger partial charge in [-0.25, -0.2) is 0 Å². The number of carbonyl (C=O) groups excluding carboxylic acids is 8. The predicted octanol–water partition coefficient (Wildman–Crippen LogP) is -4.39. The smallest absolute Gasteiger partial charge is 0.245 e. The maximum atomic E-state index is 14.3. The van der Waals surface area contributed by atoms with Crippen molar-refractivity contribution in [3.63, 3.8) is 0 Å². The molecule has 0 unspecified atom stereocenters. The van der Waals surface area contributed by atoms with E-state index in [0.717, 1.165) is 24.2 Å². The monoisotopic (exact) mass is 1060 g/mol. The van der Waals surface area contributed by atoms with Crippen LogP contribution >= 0.6 is 0 Å². The summed E-state index contributed by atoms with van der Waals surface area (Å²) in [5.41, 5.74) is 51.4. The fraction of sp³-hybridized carbons (Fsp3) is 0.667. The Labute approximate surface area is 440 Å². The fourth-order valence-corrected chi connectivity index (χ4v) is 7.67. The fourth-order valence-electron chi connectivity index (χ4n) is 7.67. The molecule has 424 valence electrons. The third-order valence-corrected chi connectivity index (χ3v) is 11.7. The van der Waals surface area contributed by atoms with Crippen LogP contribution in [0.15, 0.2) is 34.3 Å². The van der Waals surface area contributed by atoms with Crippen molar-refractivity contribution in [2.24, 2.45) is 67.5 Å². The summed E-state index contributed by atoms with van der Waals surface area (Å²) in [6, 6.07) is -1.65. The number of nitrogens with one attached hydrogen (secondary N) is 5. The molecule has 0 spiro atoms. The van der Waals surface area contributed by atoms with E-state index in [2.05, 4.69) is 36.6 Å². The van der Waals surface area contributed by atoms with Crippen LogP contribution in [-0.4, -0.2) is 169 Å². The number of primary amides is 1. The number of carbonyl (C=O) groups is 8. The van der Waals surface area contributed by atoms with Crippen LogP contribution < -0.4 is 78.2 Å². The quantitative estimate of drug-likeness (QED) is 0.0168. The van der Waals surface area contributed by atoms with Crippen molar-refractivity contribution in [3.8, 4) is 5.75 Å². The number of hydrogen-bond acceptors (Lipinski definition) is 15. The topological polar surface area (TPSA) is 482 Å². The molecule has 0 saturated carbocycles. The first-order chi connectivity index (χ1) is 35.6. The highest BCUT2D eigenvalue weighted by Crippen LogP contribution is 2.14. The summed E-state index contributed by atoms with van der Waals surface area (Å²) in [4.78, 5) is 120. The van der Waals surface area contributed by atoms with Crippen LogP contribution in [0.25, 0.3) is 0 Å². The molecule has 24 N–H and O–H groups in total. The van der Waals surface area contributed by atoms with Crippen LogP contribution in [0, 0.1) is 5.92 Å². The molecule has 0 aliphatic carbocycles. The average molecular weight is 1060 g/mol. The summed E-state index contributed by atoms with van der Waals surface area (Å²) in [5.74, 6) is -6.03. The number of benzene rings is 1. The van der Waals surface area contributed by atoms with Gasteiger partial charge >= 0.3 is 0 Å². The molecule has 0 saturated heterocycles. The highest BCUT2D eigenvalue weighted by Gasteiger charge is 2.34. The second-order valence-electron chi connectivity index (χ2n) is 18.7. The molecule has 75 heavy (non-hydrogen) atoms. The van der Waals surface area contributed by atoms with Gasteiger partial charge in [0.15, 0.2) is 11.9 Å². The molecule has 0 radical (unpaired) electrons. The number of hydrogen-bond donors (Lipinski definition) is 15. The van der Waals surface area contributed by atoms with E-state index in [0.29, 0.717) is 37.8 Å². The number of guanidine groups is 2. The molecular weight excluding hydrogens is 973 g/mol. The second kappa shape index (κ2) is 37.0. The zero-order valence-corrected chi connectivity index (χ0v) is 44.1. The summed E-state index contributed by atoms with van der Waals surface area (Å²) in [6.45, 7) is 5.34. The first-order valence-corrected chi connectivity index (χ1v) is 25.7. The maximum Gasteiger partial charge on any atom is 0.245 e. The van der Waals surface area contributed by atoms with Gasteiger partial charge in [0.05, 0.1) is 19.1 Å². The van der Waals surface area contributed by atoms with Gasteiger partial charge in [-0.1, -0.05) is 52.2 Å². The zero-order chi connectivity index (χ0) is 56.5. The molecule has 0 aromatic heterocycles. The molecule has 27 nitrogen and oxygen atoms in total. The first kappa shape index (κ1) is 66.2. The highest BCUT2D eigenvalue weighted by molar-refractivity contribution is 5.97. The molecule has 8 amide bonds. The molecule has 0 aliphatic heterocycles. The predicted molar refractivity (Wildman–Crippen MR) is 286 cm³/mol. The Morgan fingerprint density at radius 2 is 1.08 bits per heavy atom. The van der Waals surface area contributed by atoms with Gasteiger partial charge in [-0.3, -0.25) is 48.3 Å². The number of aliphatic imine (C=N–C) groups is 2. The summed E-state index contributed by atoms with van der Waals surface area (Å²) >= 11 is 0. The summed E-state index contributed by atoms with van der Waals surface area (Å²) < 4.78 is 0. The summed E-state index contributed by atoms with van der Waals surface area (Å²) in [5, 5.41) is 23.3. The van der Waals surface area contributed by atoms with Crippen molar-refractivity contribution in [3.05, 3.63) is 29.8 Å². The minimum atomic E-state index is -1.42. The Morgan fingerprint density at radius 1 is 0.560 bits per heavy atom. The molecule has 1 aromatic rings. The Hall–Kier alpha value is -6.84. The van der Waals surface area contributed by atoms with Crippen LogP contribution in [0.5, 0.6) is 5.75 Å². The van der Waals surface area contributed by atoms with Gasteiger partial charge in [-0.2, -0.15) is 0 Å². The number of unbranched alkanes of at least 4 members (excludes halogenated alkanes) is 3. The standard InChI is InChI=1S/C48H88N18O9/c1-4-11-34(61-42(71)35(13-10-23-59-48(56)57)60-40(69)29-65(24-8-6-5-7-20-49)45(74)33(52)12-9-22-58-47(54)55)41(70)63-37(26-31-15-17-32(67)18-16-31)43(72)64-38(27-51)44(73)62-36(19-14-30(2)3)46(75)66(25-21-50)28-39(53)68/h15-18,30,33-38,67H,4-14,19-29,49-52H2,1-3H3,(H2,53,68)(H,60,69)(H,61,71)(H,62,73)(H,63,70)(H,64,72)(H4,54,55,58)(H4,56,57,59)/t33-,34-,35-,36-,37-,38-/m0/s1. The Balaban J connectivity index is 3.51. The van der Waals surface area contributed by atoms with Crippen LogP contribution in [0.1, 0.15) is 103 Å². The van der Waals surface area contributed by atoms with Crippen molar-refractivity contribution < 1.29 is 43.5 Å². The van der Waals surface area contributed by atoms with Crippen molar-refractivity contribution in [1.29, 1.82) is 0 Å². The lowest BCUT2D eigenvalue weighted by Crippen LogP contribution is -2.61. The lowest BCUT2D eigenvalue weighted by Gasteiger charge is -2.29. The van der Waals surface area contributed by atoms with Crippen LogP contribution in [-0.2, 0) is 44.8 Å². The molecule has 0 fully saturated rings.